The minimum absolute atomic E-state index is 0. The summed E-state index contributed by atoms with van der Waals surface area (Å²) in [6.07, 6.45) is 1.25. The van der Waals surface area contributed by atoms with Gasteiger partial charge in [-0.1, -0.05) is 20.3 Å². The van der Waals surface area contributed by atoms with Gasteiger partial charge in [-0.05, 0) is 0 Å². The highest BCUT2D eigenvalue weighted by molar-refractivity contribution is 7.79. The van der Waals surface area contributed by atoms with Gasteiger partial charge in [-0.2, -0.15) is 21.9 Å². The van der Waals surface area contributed by atoms with Gasteiger partial charge in [0.25, 0.3) is 0 Å². The van der Waals surface area contributed by atoms with Gasteiger partial charge in [0.1, 0.15) is 0 Å². The van der Waals surface area contributed by atoms with Crippen molar-refractivity contribution in [1.29, 1.82) is 0 Å². The predicted octanol–water partition coefficient (Wildman–Crippen LogP) is 0.876. The first-order valence-electron chi connectivity index (χ1n) is 2.11. The van der Waals surface area contributed by atoms with Crippen LogP contribution in [-0.2, 0) is 10.4 Å². The fraction of sp³-hybridized carbons (Fsp3) is 1.00. The van der Waals surface area contributed by atoms with Gasteiger partial charge in [-0.3, -0.25) is 9.11 Å². The van der Waals surface area contributed by atoms with Gasteiger partial charge in [0, 0.05) is 0 Å². The van der Waals surface area contributed by atoms with E-state index >= 15 is 0 Å². The molecule has 0 aliphatic carbocycles. The van der Waals surface area contributed by atoms with E-state index in [1.165, 1.54) is 6.42 Å². The van der Waals surface area contributed by atoms with Crippen LogP contribution in [0.25, 0.3) is 0 Å². The largest absolute Gasteiger partial charge is 0.394 e. The number of hydrogen-bond donors (Lipinski definition) is 2. The minimum atomic E-state index is -4.67. The molecule has 0 aromatic rings. The lowest BCUT2D eigenvalue weighted by Gasteiger charge is -1.68. The molecular formula is C3H12O4S2. The van der Waals surface area contributed by atoms with E-state index in [-0.39, 0.29) is 13.5 Å². The molecule has 0 aromatic carbocycles. The van der Waals surface area contributed by atoms with Gasteiger partial charge >= 0.3 is 10.4 Å². The highest BCUT2D eigenvalue weighted by atomic mass is 32.3. The molecule has 0 spiro atoms. The average Bonchev–Trinajstić information content (AvgIpc) is 1.27. The maximum absolute atomic E-state index is 8.74. The van der Waals surface area contributed by atoms with Crippen molar-refractivity contribution in [3.05, 3.63) is 0 Å². The zero-order valence-corrected chi connectivity index (χ0v) is 7.14. The van der Waals surface area contributed by atoms with Gasteiger partial charge in [0.2, 0.25) is 0 Å². The van der Waals surface area contributed by atoms with Crippen LogP contribution < -0.4 is 0 Å². The van der Waals surface area contributed by atoms with Crippen LogP contribution in [0.1, 0.15) is 20.3 Å². The first-order valence-corrected chi connectivity index (χ1v) is 3.51. The summed E-state index contributed by atoms with van der Waals surface area (Å²) in [7, 11) is -4.67. The number of hydrogen-bond acceptors (Lipinski definition) is 2. The predicted molar refractivity (Wildman–Crippen MR) is 40.5 cm³/mol. The molecule has 0 bridgehead atoms. The Morgan fingerprint density at radius 1 is 1.22 bits per heavy atom. The highest BCUT2D eigenvalue weighted by Crippen LogP contribution is 1.59. The topological polar surface area (TPSA) is 74.6 Å². The van der Waals surface area contributed by atoms with Gasteiger partial charge in [-0.15, -0.1) is 0 Å². The Balaban J connectivity index is -0.0000000800. The van der Waals surface area contributed by atoms with Crippen LogP contribution in [0.3, 0.4) is 0 Å². The second-order valence-corrected chi connectivity index (χ2v) is 2.05. The first kappa shape index (κ1) is 16.1. The maximum Gasteiger partial charge on any atom is 0.394 e. The standard InChI is InChI=1S/C3H8.H2O4S.H2S/c1-3-2;1-5(2,3)4;/h3H2,1-2H3;(H2,1,2,3,4);1H2. The van der Waals surface area contributed by atoms with E-state index in [1.807, 2.05) is 0 Å². The monoisotopic (exact) mass is 176 g/mol. The first-order chi connectivity index (χ1) is 3.41. The van der Waals surface area contributed by atoms with Crippen LogP contribution >= 0.6 is 13.5 Å². The molecule has 0 heterocycles. The van der Waals surface area contributed by atoms with Crippen molar-refractivity contribution in [2.24, 2.45) is 0 Å². The third-order valence-electron chi connectivity index (χ3n) is 0. The summed E-state index contributed by atoms with van der Waals surface area (Å²) in [5.74, 6) is 0. The summed E-state index contributed by atoms with van der Waals surface area (Å²) >= 11 is 0. The minimum Gasteiger partial charge on any atom is -0.264 e. The summed E-state index contributed by atoms with van der Waals surface area (Å²) in [5.41, 5.74) is 0. The van der Waals surface area contributed by atoms with Crippen LogP contribution in [0.2, 0.25) is 0 Å². The van der Waals surface area contributed by atoms with Gasteiger partial charge in [0.15, 0.2) is 0 Å². The molecule has 6 heteroatoms. The lowest BCUT2D eigenvalue weighted by molar-refractivity contribution is 0.381. The maximum atomic E-state index is 8.74. The summed E-state index contributed by atoms with van der Waals surface area (Å²) in [6, 6.07) is 0. The molecule has 0 unspecified atom stereocenters. The van der Waals surface area contributed by atoms with Gasteiger partial charge in [0.05, 0.1) is 0 Å². The Morgan fingerprint density at radius 3 is 1.22 bits per heavy atom. The zero-order chi connectivity index (χ0) is 7.21. The Bertz CT molecular complexity index is 108. The Morgan fingerprint density at radius 2 is 1.22 bits per heavy atom. The van der Waals surface area contributed by atoms with E-state index in [9.17, 15) is 0 Å². The van der Waals surface area contributed by atoms with Crippen molar-refractivity contribution in [2.45, 2.75) is 20.3 Å². The average molecular weight is 176 g/mol. The molecule has 0 rings (SSSR count). The van der Waals surface area contributed by atoms with E-state index in [2.05, 4.69) is 13.8 Å². The molecule has 0 atom stereocenters. The van der Waals surface area contributed by atoms with E-state index < -0.39 is 10.4 Å². The van der Waals surface area contributed by atoms with Crippen molar-refractivity contribution in [3.63, 3.8) is 0 Å². The van der Waals surface area contributed by atoms with E-state index in [4.69, 9.17) is 17.5 Å². The lowest BCUT2D eigenvalue weighted by Crippen LogP contribution is -1.89. The Labute approximate surface area is 62.3 Å². The third kappa shape index (κ3) is 6570. The van der Waals surface area contributed by atoms with Gasteiger partial charge in [-0.25, -0.2) is 0 Å². The van der Waals surface area contributed by atoms with Crippen molar-refractivity contribution < 1.29 is 17.5 Å². The van der Waals surface area contributed by atoms with Crippen molar-refractivity contribution in [3.8, 4) is 0 Å². The summed E-state index contributed by atoms with van der Waals surface area (Å²) < 4.78 is 31.6. The second-order valence-electron chi connectivity index (χ2n) is 1.15. The van der Waals surface area contributed by atoms with E-state index in [0.717, 1.165) is 0 Å². The van der Waals surface area contributed by atoms with Crippen LogP contribution in [0, 0.1) is 0 Å². The fourth-order valence-electron chi connectivity index (χ4n) is 0. The molecule has 0 amide bonds. The summed E-state index contributed by atoms with van der Waals surface area (Å²) in [6.45, 7) is 4.25. The third-order valence-corrected chi connectivity index (χ3v) is 0. The summed E-state index contributed by atoms with van der Waals surface area (Å²) in [4.78, 5) is 0. The second kappa shape index (κ2) is 8.22. The molecule has 60 valence electrons. The fourth-order valence-corrected chi connectivity index (χ4v) is 0. The van der Waals surface area contributed by atoms with Gasteiger partial charge < -0.3 is 0 Å². The zero-order valence-electron chi connectivity index (χ0n) is 5.33. The molecule has 0 radical (unpaired) electrons. The van der Waals surface area contributed by atoms with E-state index in [0.29, 0.717) is 0 Å². The highest BCUT2D eigenvalue weighted by Gasteiger charge is 1.84. The lowest BCUT2D eigenvalue weighted by atomic mass is 10.6. The smallest absolute Gasteiger partial charge is 0.264 e. The van der Waals surface area contributed by atoms with E-state index in [1.54, 1.807) is 0 Å². The molecule has 2 N–H and O–H groups in total. The van der Waals surface area contributed by atoms with Crippen LogP contribution in [0.15, 0.2) is 0 Å². The SMILES string of the molecule is CCC.O=S(=O)(O)O.S. The van der Waals surface area contributed by atoms with Crippen molar-refractivity contribution in [2.75, 3.05) is 0 Å². The van der Waals surface area contributed by atoms with Crippen LogP contribution in [0.4, 0.5) is 0 Å². The quantitative estimate of drug-likeness (QED) is 0.537. The normalized spacial score (nSPS) is 8.44. The molecule has 0 aliphatic rings. The molecular weight excluding hydrogens is 164 g/mol. The summed E-state index contributed by atoms with van der Waals surface area (Å²) in [5, 5.41) is 0. The Kier molecular flexibility index (Phi) is 14.7. The number of rotatable bonds is 0. The van der Waals surface area contributed by atoms with Crippen molar-refractivity contribution in [1.82, 2.24) is 0 Å². The van der Waals surface area contributed by atoms with Crippen molar-refractivity contribution >= 4 is 23.9 Å². The molecule has 9 heavy (non-hydrogen) atoms. The molecule has 4 nitrogen and oxygen atoms in total. The molecule has 0 saturated heterocycles. The Hall–Kier alpha value is 0.220. The molecule has 0 fully saturated rings. The molecule has 0 aromatic heterocycles. The van der Waals surface area contributed by atoms with Crippen LogP contribution in [-0.4, -0.2) is 17.5 Å². The molecule has 0 aliphatic heterocycles. The van der Waals surface area contributed by atoms with Crippen LogP contribution in [0.5, 0.6) is 0 Å². The molecule has 0 saturated carbocycles.